The molecule has 0 aromatic heterocycles. The fraction of sp³-hybridized carbons (Fsp3) is 0.708. The van der Waals surface area contributed by atoms with Crippen molar-refractivity contribution in [1.82, 2.24) is 0 Å². The van der Waals surface area contributed by atoms with Crippen LogP contribution in [0.25, 0.3) is 0 Å². The molecule has 0 saturated heterocycles. The van der Waals surface area contributed by atoms with Gasteiger partial charge in [-0.1, -0.05) is 32.9 Å². The smallest absolute Gasteiger partial charge is 0.303 e. The SMILES string of the molecule is CC(=O)OCC1=C[C@H]2[C@@H]3C(C)(C)[C@]3(O)[C@H](OC(C)=O)[C@@H](C)[C@]2(O)[C@@H]2C=C(C)C(=O)[C@@]2(O)C1. The van der Waals surface area contributed by atoms with Crippen molar-refractivity contribution in [3.05, 3.63) is 23.3 Å². The Labute approximate surface area is 187 Å². The average molecular weight is 449 g/mol. The quantitative estimate of drug-likeness (QED) is 0.432. The summed E-state index contributed by atoms with van der Waals surface area (Å²) in [6, 6.07) is 0. The van der Waals surface area contributed by atoms with Gasteiger partial charge in [-0.25, -0.2) is 0 Å². The molecule has 0 amide bonds. The highest BCUT2D eigenvalue weighted by atomic mass is 16.6. The van der Waals surface area contributed by atoms with Crippen LogP contribution >= 0.6 is 0 Å². The predicted molar refractivity (Wildman–Crippen MR) is 112 cm³/mol. The summed E-state index contributed by atoms with van der Waals surface area (Å²) in [6.45, 7) is 9.37. The molecular weight excluding hydrogens is 416 g/mol. The van der Waals surface area contributed by atoms with Crippen LogP contribution in [0.15, 0.2) is 23.3 Å². The molecule has 32 heavy (non-hydrogen) atoms. The number of ether oxygens (including phenoxy) is 2. The Morgan fingerprint density at radius 1 is 1.12 bits per heavy atom. The van der Waals surface area contributed by atoms with Gasteiger partial charge in [-0.3, -0.25) is 14.4 Å². The van der Waals surface area contributed by atoms with E-state index >= 15 is 0 Å². The molecule has 0 aromatic carbocycles. The van der Waals surface area contributed by atoms with Gasteiger partial charge >= 0.3 is 11.9 Å². The zero-order valence-corrected chi connectivity index (χ0v) is 19.3. The van der Waals surface area contributed by atoms with Crippen molar-refractivity contribution in [3.63, 3.8) is 0 Å². The fourth-order valence-corrected chi connectivity index (χ4v) is 6.97. The van der Waals surface area contributed by atoms with Crippen molar-refractivity contribution in [2.75, 3.05) is 6.61 Å². The molecule has 8 nitrogen and oxygen atoms in total. The Balaban J connectivity index is 1.91. The third kappa shape index (κ3) is 2.69. The third-order valence-electron chi connectivity index (χ3n) is 8.56. The lowest BCUT2D eigenvalue weighted by molar-refractivity contribution is -0.220. The lowest BCUT2D eigenvalue weighted by Crippen LogP contribution is -2.65. The van der Waals surface area contributed by atoms with Crippen LogP contribution in [0.1, 0.15) is 48.0 Å². The Kier molecular flexibility index (Phi) is 4.88. The van der Waals surface area contributed by atoms with Gasteiger partial charge in [-0.05, 0) is 18.1 Å². The van der Waals surface area contributed by atoms with Gasteiger partial charge in [0, 0.05) is 49.4 Å². The van der Waals surface area contributed by atoms with Gasteiger partial charge in [0.05, 0.1) is 5.60 Å². The number of carbonyl (C=O) groups excluding carboxylic acids is 3. The maximum absolute atomic E-state index is 13.1. The molecule has 0 radical (unpaired) electrons. The Hall–Kier alpha value is -2.03. The summed E-state index contributed by atoms with van der Waals surface area (Å²) >= 11 is 0. The lowest BCUT2D eigenvalue weighted by Gasteiger charge is -2.52. The zero-order chi connectivity index (χ0) is 24.0. The highest BCUT2D eigenvalue weighted by Crippen LogP contribution is 2.75. The van der Waals surface area contributed by atoms with Crippen molar-refractivity contribution in [2.45, 2.75) is 70.9 Å². The molecule has 3 N–H and O–H groups in total. The van der Waals surface area contributed by atoms with E-state index in [-0.39, 0.29) is 13.0 Å². The molecule has 4 aliphatic rings. The fourth-order valence-electron chi connectivity index (χ4n) is 6.97. The summed E-state index contributed by atoms with van der Waals surface area (Å²) < 4.78 is 10.7. The first-order chi connectivity index (χ1) is 14.6. The summed E-state index contributed by atoms with van der Waals surface area (Å²) in [5.74, 6) is -4.51. The standard InChI is InChI=1S/C24H32O8/c1-11-7-17-22(28,19(11)27)9-15(10-31-13(3)25)8-16-18-21(5,6)24(18,30)20(32-14(4)26)12(2)23(16,17)29/h7-8,12,16-18,20,28-30H,9-10H2,1-6H3/t12-,16+,17-,18-,20-,22-,23-,24-/m1/s1. The van der Waals surface area contributed by atoms with E-state index in [9.17, 15) is 29.7 Å². The molecule has 2 saturated carbocycles. The van der Waals surface area contributed by atoms with Gasteiger partial charge in [-0.15, -0.1) is 0 Å². The Morgan fingerprint density at radius 2 is 1.75 bits per heavy atom. The van der Waals surface area contributed by atoms with Gasteiger partial charge in [0.25, 0.3) is 0 Å². The summed E-state index contributed by atoms with van der Waals surface area (Å²) in [4.78, 5) is 36.4. The van der Waals surface area contributed by atoms with E-state index in [2.05, 4.69) is 0 Å². The first-order valence-electron chi connectivity index (χ1n) is 11.0. The number of fused-ring (bicyclic) bond motifs is 5. The Bertz CT molecular complexity index is 963. The highest BCUT2D eigenvalue weighted by Gasteiger charge is 2.85. The van der Waals surface area contributed by atoms with Gasteiger partial charge in [0.1, 0.15) is 23.9 Å². The maximum atomic E-state index is 13.1. The van der Waals surface area contributed by atoms with Gasteiger partial charge in [0.15, 0.2) is 5.78 Å². The number of hydrogen-bond acceptors (Lipinski definition) is 8. The van der Waals surface area contributed by atoms with E-state index < -0.39 is 69.7 Å². The molecule has 4 rings (SSSR count). The van der Waals surface area contributed by atoms with Crippen LogP contribution in [0, 0.1) is 29.1 Å². The molecule has 0 heterocycles. The van der Waals surface area contributed by atoms with E-state index in [1.165, 1.54) is 13.8 Å². The van der Waals surface area contributed by atoms with Crippen molar-refractivity contribution in [3.8, 4) is 0 Å². The molecule has 8 atom stereocenters. The third-order valence-corrected chi connectivity index (χ3v) is 8.56. The van der Waals surface area contributed by atoms with Crippen LogP contribution in [-0.2, 0) is 23.9 Å². The topological polar surface area (TPSA) is 130 Å². The highest BCUT2D eigenvalue weighted by molar-refractivity contribution is 6.04. The van der Waals surface area contributed by atoms with E-state index in [4.69, 9.17) is 9.47 Å². The summed E-state index contributed by atoms with van der Waals surface area (Å²) in [6.07, 6.45) is 2.23. The lowest BCUT2D eigenvalue weighted by atomic mass is 9.59. The predicted octanol–water partition coefficient (Wildman–Crippen LogP) is 1.07. The molecule has 176 valence electrons. The van der Waals surface area contributed by atoms with E-state index in [1.807, 2.05) is 13.8 Å². The molecule has 8 heteroatoms. The second-order valence-electron chi connectivity index (χ2n) is 10.6. The monoisotopic (exact) mass is 448 g/mol. The first-order valence-corrected chi connectivity index (χ1v) is 11.0. The number of rotatable bonds is 3. The molecule has 4 aliphatic carbocycles. The van der Waals surface area contributed by atoms with Crippen molar-refractivity contribution in [2.24, 2.45) is 29.1 Å². The van der Waals surface area contributed by atoms with Crippen LogP contribution in [-0.4, -0.2) is 62.6 Å². The largest absolute Gasteiger partial charge is 0.461 e. The molecule has 0 spiro atoms. The van der Waals surface area contributed by atoms with Crippen LogP contribution in [0.2, 0.25) is 0 Å². The minimum atomic E-state index is -1.93. The zero-order valence-electron chi connectivity index (χ0n) is 19.3. The first kappa shape index (κ1) is 23.1. The number of ketones is 1. The molecule has 0 aromatic rings. The van der Waals surface area contributed by atoms with Gasteiger partial charge < -0.3 is 24.8 Å². The summed E-state index contributed by atoms with van der Waals surface area (Å²) in [7, 11) is 0. The number of Topliss-reactive ketones (excluding diaryl/α,β-unsaturated/α-hetero) is 1. The Morgan fingerprint density at radius 3 is 2.31 bits per heavy atom. The summed E-state index contributed by atoms with van der Waals surface area (Å²) in [5.41, 5.74) is -4.86. The van der Waals surface area contributed by atoms with Crippen molar-refractivity contribution >= 4 is 17.7 Å². The van der Waals surface area contributed by atoms with Crippen molar-refractivity contribution < 1.29 is 39.2 Å². The van der Waals surface area contributed by atoms with E-state index in [0.717, 1.165) is 0 Å². The molecule has 2 fully saturated rings. The van der Waals surface area contributed by atoms with E-state index in [0.29, 0.717) is 11.1 Å². The van der Waals surface area contributed by atoms with Crippen molar-refractivity contribution in [1.29, 1.82) is 0 Å². The van der Waals surface area contributed by atoms with Crippen LogP contribution < -0.4 is 0 Å². The molecule has 0 unspecified atom stereocenters. The normalized spacial score (nSPS) is 46.0. The summed E-state index contributed by atoms with van der Waals surface area (Å²) in [5, 5.41) is 35.6. The second kappa shape index (κ2) is 6.74. The molecule has 0 bridgehead atoms. The number of carbonyl (C=O) groups is 3. The second-order valence-corrected chi connectivity index (χ2v) is 10.6. The molecule has 0 aliphatic heterocycles. The van der Waals surface area contributed by atoms with Crippen LogP contribution in [0.4, 0.5) is 0 Å². The number of esters is 2. The van der Waals surface area contributed by atoms with Crippen LogP contribution in [0.3, 0.4) is 0 Å². The van der Waals surface area contributed by atoms with Gasteiger partial charge in [0.2, 0.25) is 0 Å². The number of hydrogen-bond donors (Lipinski definition) is 3. The number of aliphatic hydroxyl groups is 3. The maximum Gasteiger partial charge on any atom is 0.303 e. The minimum absolute atomic E-state index is 0.104. The average Bonchev–Trinajstić information content (AvgIpc) is 3.07. The van der Waals surface area contributed by atoms with Crippen LogP contribution in [0.5, 0.6) is 0 Å². The minimum Gasteiger partial charge on any atom is -0.461 e. The molecular formula is C24H32O8. The van der Waals surface area contributed by atoms with Gasteiger partial charge in [-0.2, -0.15) is 0 Å². The van der Waals surface area contributed by atoms with E-state index in [1.54, 1.807) is 26.0 Å².